The number of esters is 1. The third-order valence-corrected chi connectivity index (χ3v) is 3.03. The molecule has 0 bridgehead atoms. The van der Waals surface area contributed by atoms with Crippen LogP contribution in [0, 0.1) is 0 Å². The van der Waals surface area contributed by atoms with Crippen LogP contribution in [0.4, 0.5) is 0 Å². The number of hydrogen-bond donors (Lipinski definition) is 0. The number of carbonyl (C=O) groups is 2. The van der Waals surface area contributed by atoms with Gasteiger partial charge in [-0.05, 0) is 0 Å². The number of thioether (sulfide) groups is 1. The average molecular weight is 242 g/mol. The zero-order valence-electron chi connectivity index (χ0n) is 9.52. The van der Waals surface area contributed by atoms with E-state index in [-0.39, 0.29) is 11.8 Å². The minimum absolute atomic E-state index is 0.0146. The highest BCUT2D eigenvalue weighted by Gasteiger charge is 2.10. The molecule has 0 spiro atoms. The Hall–Kier alpha value is -1.30. The third kappa shape index (κ3) is 3.10. The maximum atomic E-state index is 11.2. The van der Waals surface area contributed by atoms with Gasteiger partial charge >= 0.3 is 5.97 Å². The number of nitrogens with zero attached hydrogens (tertiary/aromatic N) is 2. The molecular formula is C10H14N2O3S. The van der Waals surface area contributed by atoms with Crippen LogP contribution in [-0.4, -0.2) is 34.2 Å². The van der Waals surface area contributed by atoms with E-state index >= 15 is 0 Å². The molecule has 6 heteroatoms. The monoisotopic (exact) mass is 242 g/mol. The molecule has 0 unspecified atom stereocenters. The van der Waals surface area contributed by atoms with E-state index in [1.54, 1.807) is 17.8 Å². The van der Waals surface area contributed by atoms with Gasteiger partial charge in [-0.1, -0.05) is 0 Å². The molecule has 1 aromatic rings. The molecule has 1 aromatic heterocycles. The molecule has 0 saturated heterocycles. The van der Waals surface area contributed by atoms with E-state index in [4.69, 9.17) is 0 Å². The molecule has 5 nitrogen and oxygen atoms in total. The molecule has 0 amide bonds. The number of rotatable bonds is 5. The van der Waals surface area contributed by atoms with E-state index in [2.05, 4.69) is 9.72 Å². The predicted octanol–water partition coefficient (Wildman–Crippen LogP) is 1.03. The Morgan fingerprint density at radius 3 is 2.75 bits per heavy atom. The van der Waals surface area contributed by atoms with Crippen LogP contribution in [0.1, 0.15) is 23.2 Å². The molecule has 88 valence electrons. The molecule has 1 rings (SSSR count). The van der Waals surface area contributed by atoms with Gasteiger partial charge in [0, 0.05) is 14.0 Å². The van der Waals surface area contributed by atoms with E-state index in [0.29, 0.717) is 17.2 Å². The lowest BCUT2D eigenvalue weighted by molar-refractivity contribution is -0.137. The van der Waals surface area contributed by atoms with Crippen LogP contribution < -0.4 is 0 Å². The number of ether oxygens (including phenoxy) is 1. The lowest BCUT2D eigenvalue weighted by atomic mass is 10.3. The first-order chi connectivity index (χ1) is 7.56. The second kappa shape index (κ2) is 5.69. The van der Waals surface area contributed by atoms with Gasteiger partial charge in [0.25, 0.3) is 0 Å². The Morgan fingerprint density at radius 2 is 2.25 bits per heavy atom. The summed E-state index contributed by atoms with van der Waals surface area (Å²) >= 11 is 1.41. The van der Waals surface area contributed by atoms with Crippen LogP contribution in [-0.2, 0) is 22.3 Å². The summed E-state index contributed by atoms with van der Waals surface area (Å²) in [7, 11) is 3.15. The lowest BCUT2D eigenvalue weighted by Gasteiger charge is -2.03. The highest BCUT2D eigenvalue weighted by molar-refractivity contribution is 7.99. The molecule has 1 heterocycles. The number of hydrogen-bond acceptors (Lipinski definition) is 5. The summed E-state index contributed by atoms with van der Waals surface area (Å²) in [6.07, 6.45) is 1.55. The molecular weight excluding hydrogens is 228 g/mol. The lowest BCUT2D eigenvalue weighted by Crippen LogP contribution is -2.06. The van der Waals surface area contributed by atoms with Crippen molar-refractivity contribution in [1.82, 2.24) is 9.55 Å². The Balaban J connectivity index is 2.55. The first kappa shape index (κ1) is 12.8. The SMILES string of the molecule is COC(=O)CSCc1ncc(C(C)=O)n1C. The maximum absolute atomic E-state index is 11.2. The van der Waals surface area contributed by atoms with Crippen molar-refractivity contribution < 1.29 is 14.3 Å². The van der Waals surface area contributed by atoms with Gasteiger partial charge in [0.1, 0.15) is 11.5 Å². The smallest absolute Gasteiger partial charge is 0.315 e. The van der Waals surface area contributed by atoms with E-state index < -0.39 is 0 Å². The van der Waals surface area contributed by atoms with Crippen molar-refractivity contribution >= 4 is 23.5 Å². The first-order valence-corrected chi connectivity index (χ1v) is 5.87. The summed E-state index contributed by atoms with van der Waals surface area (Å²) in [6, 6.07) is 0. The molecule has 16 heavy (non-hydrogen) atoms. The summed E-state index contributed by atoms with van der Waals surface area (Å²) < 4.78 is 6.26. The highest BCUT2D eigenvalue weighted by Crippen LogP contribution is 2.12. The summed E-state index contributed by atoms with van der Waals surface area (Å²) in [5, 5.41) is 0. The van der Waals surface area contributed by atoms with Crippen molar-refractivity contribution in [3.05, 3.63) is 17.7 Å². The molecule has 0 saturated carbocycles. The fourth-order valence-electron chi connectivity index (χ4n) is 1.19. The van der Waals surface area contributed by atoms with Crippen LogP contribution in [0.2, 0.25) is 0 Å². The molecule has 0 aliphatic rings. The molecule has 0 atom stereocenters. The van der Waals surface area contributed by atoms with Crippen molar-refractivity contribution in [2.75, 3.05) is 12.9 Å². The van der Waals surface area contributed by atoms with Gasteiger partial charge in [-0.15, -0.1) is 11.8 Å². The standard InChI is InChI=1S/C10H14N2O3S/c1-7(13)8-4-11-9(12(8)2)5-16-6-10(14)15-3/h4H,5-6H2,1-3H3. The molecule has 0 aliphatic heterocycles. The second-order valence-corrected chi connectivity index (χ2v) is 4.23. The van der Waals surface area contributed by atoms with Crippen molar-refractivity contribution in [3.63, 3.8) is 0 Å². The van der Waals surface area contributed by atoms with Gasteiger partial charge in [-0.2, -0.15) is 0 Å². The maximum Gasteiger partial charge on any atom is 0.315 e. The normalized spacial score (nSPS) is 10.2. The predicted molar refractivity (Wildman–Crippen MR) is 61.4 cm³/mol. The van der Waals surface area contributed by atoms with Gasteiger partial charge < -0.3 is 9.30 Å². The van der Waals surface area contributed by atoms with Crippen LogP contribution in [0.25, 0.3) is 0 Å². The quantitative estimate of drug-likeness (QED) is 0.570. The summed E-state index contributed by atoms with van der Waals surface area (Å²) in [5.41, 5.74) is 0.577. The number of Topliss-reactive ketones (excluding diaryl/α,β-unsaturated/α-hetero) is 1. The van der Waals surface area contributed by atoms with Gasteiger partial charge in [0.2, 0.25) is 0 Å². The molecule has 0 radical (unpaired) electrons. The highest BCUT2D eigenvalue weighted by atomic mass is 32.2. The van der Waals surface area contributed by atoms with E-state index in [1.807, 2.05) is 0 Å². The van der Waals surface area contributed by atoms with Crippen LogP contribution >= 0.6 is 11.8 Å². The van der Waals surface area contributed by atoms with E-state index in [0.717, 1.165) is 5.82 Å². The van der Waals surface area contributed by atoms with Gasteiger partial charge in [-0.25, -0.2) is 4.98 Å². The number of methoxy groups -OCH3 is 1. The average Bonchev–Trinajstić information content (AvgIpc) is 2.60. The molecule has 0 N–H and O–H groups in total. The largest absolute Gasteiger partial charge is 0.468 e. The minimum atomic E-state index is -0.258. The molecule has 0 fully saturated rings. The van der Waals surface area contributed by atoms with Crippen LogP contribution in [0.5, 0.6) is 0 Å². The van der Waals surface area contributed by atoms with Gasteiger partial charge in [-0.3, -0.25) is 9.59 Å². The first-order valence-electron chi connectivity index (χ1n) is 4.72. The minimum Gasteiger partial charge on any atom is -0.468 e. The zero-order chi connectivity index (χ0) is 12.1. The van der Waals surface area contributed by atoms with Gasteiger partial charge in [0.15, 0.2) is 5.78 Å². The summed E-state index contributed by atoms with van der Waals surface area (Å²) in [4.78, 5) is 26.2. The third-order valence-electron chi connectivity index (χ3n) is 2.12. The number of imidazole rings is 1. The fraction of sp³-hybridized carbons (Fsp3) is 0.500. The summed E-state index contributed by atoms with van der Waals surface area (Å²) in [5.74, 6) is 1.38. The number of carbonyl (C=O) groups excluding carboxylic acids is 2. The molecule has 0 aliphatic carbocycles. The van der Waals surface area contributed by atoms with Crippen molar-refractivity contribution in [2.45, 2.75) is 12.7 Å². The van der Waals surface area contributed by atoms with Crippen LogP contribution in [0.3, 0.4) is 0 Å². The van der Waals surface area contributed by atoms with Crippen molar-refractivity contribution in [2.24, 2.45) is 7.05 Å². The van der Waals surface area contributed by atoms with E-state index in [9.17, 15) is 9.59 Å². The van der Waals surface area contributed by atoms with Crippen molar-refractivity contribution in [3.8, 4) is 0 Å². The fourth-order valence-corrected chi connectivity index (χ4v) is 2.03. The zero-order valence-corrected chi connectivity index (χ0v) is 10.3. The van der Waals surface area contributed by atoms with Crippen LogP contribution in [0.15, 0.2) is 6.20 Å². The number of aromatic nitrogens is 2. The number of ketones is 1. The Kier molecular flexibility index (Phi) is 4.54. The Morgan fingerprint density at radius 1 is 1.56 bits per heavy atom. The van der Waals surface area contributed by atoms with Crippen molar-refractivity contribution in [1.29, 1.82) is 0 Å². The summed E-state index contributed by atoms with van der Waals surface area (Å²) in [6.45, 7) is 1.50. The van der Waals surface area contributed by atoms with Gasteiger partial charge in [0.05, 0.1) is 24.8 Å². The van der Waals surface area contributed by atoms with E-state index in [1.165, 1.54) is 25.8 Å². The topological polar surface area (TPSA) is 61.2 Å². The Labute approximate surface area is 98.2 Å². The second-order valence-electron chi connectivity index (χ2n) is 3.24. The molecule has 0 aromatic carbocycles. The Bertz CT molecular complexity index is 401.